The molecule has 156 valence electrons. The molecule has 0 fully saturated rings. The molecule has 0 saturated carbocycles. The van der Waals surface area contributed by atoms with E-state index >= 15 is 0 Å². The van der Waals surface area contributed by atoms with E-state index in [2.05, 4.69) is 35.6 Å². The summed E-state index contributed by atoms with van der Waals surface area (Å²) in [5.41, 5.74) is 8.85. The van der Waals surface area contributed by atoms with Crippen molar-refractivity contribution in [1.82, 2.24) is 5.32 Å². The van der Waals surface area contributed by atoms with Gasteiger partial charge in [0.2, 0.25) is 5.91 Å². The van der Waals surface area contributed by atoms with E-state index in [1.54, 1.807) is 13.8 Å². The van der Waals surface area contributed by atoms with Gasteiger partial charge in [0.25, 0.3) is 0 Å². The number of carbonyl (C=O) groups is 1. The van der Waals surface area contributed by atoms with E-state index in [1.807, 2.05) is 19.2 Å². The van der Waals surface area contributed by atoms with Crippen LogP contribution < -0.4 is 11.1 Å². The molecular formula is C21H28Cl4N2O. The zero-order valence-corrected chi connectivity index (χ0v) is 19.4. The summed E-state index contributed by atoms with van der Waals surface area (Å²) in [4.78, 5) is 9.92. The van der Waals surface area contributed by atoms with Gasteiger partial charge in [0.05, 0.1) is 10.0 Å². The van der Waals surface area contributed by atoms with Gasteiger partial charge in [-0.3, -0.25) is 4.79 Å². The standard InChI is InChI=1S/C17H17Cl2N.C4H9NO.2ClH/c1-20-17-9-7-12(13-4-2-3-5-14(13)17)11-6-8-15(18)16(19)10-11;1-3(2)4(5)6;;/h2-6,8,10,12,17,20H,7,9H2,1H3;3H,1-2H3,(H2,5,6);2*1H/t12-,17-;;;/m0.../s1. The van der Waals surface area contributed by atoms with Crippen LogP contribution >= 0.6 is 48.0 Å². The van der Waals surface area contributed by atoms with E-state index in [9.17, 15) is 4.79 Å². The number of carbonyl (C=O) groups excluding carboxylic acids is 1. The Morgan fingerprint density at radius 2 is 1.61 bits per heavy atom. The molecule has 1 aliphatic rings. The molecule has 0 saturated heterocycles. The van der Waals surface area contributed by atoms with Crippen LogP contribution in [0.25, 0.3) is 0 Å². The Hall–Kier alpha value is -0.970. The minimum Gasteiger partial charge on any atom is -0.369 e. The summed E-state index contributed by atoms with van der Waals surface area (Å²) < 4.78 is 0. The Labute approximate surface area is 190 Å². The van der Waals surface area contributed by atoms with Crippen molar-refractivity contribution in [1.29, 1.82) is 0 Å². The highest BCUT2D eigenvalue weighted by atomic mass is 35.5. The number of hydrogen-bond acceptors (Lipinski definition) is 2. The molecule has 1 amide bonds. The predicted octanol–water partition coefficient (Wildman–Crippen LogP) is 6.15. The molecular weight excluding hydrogens is 438 g/mol. The van der Waals surface area contributed by atoms with Crippen LogP contribution in [-0.2, 0) is 4.79 Å². The van der Waals surface area contributed by atoms with Gasteiger partial charge in [0.15, 0.2) is 0 Å². The van der Waals surface area contributed by atoms with Crippen LogP contribution in [0, 0.1) is 5.92 Å². The van der Waals surface area contributed by atoms with Crippen molar-refractivity contribution in [2.24, 2.45) is 11.7 Å². The third-order valence-electron chi connectivity index (χ3n) is 4.75. The van der Waals surface area contributed by atoms with E-state index in [4.69, 9.17) is 28.9 Å². The lowest BCUT2D eigenvalue weighted by molar-refractivity contribution is -0.120. The highest BCUT2D eigenvalue weighted by Gasteiger charge is 2.27. The summed E-state index contributed by atoms with van der Waals surface area (Å²) in [6.07, 6.45) is 2.26. The second-order valence-electron chi connectivity index (χ2n) is 6.83. The van der Waals surface area contributed by atoms with Crippen molar-refractivity contribution >= 4 is 53.9 Å². The van der Waals surface area contributed by atoms with Crippen LogP contribution in [-0.4, -0.2) is 13.0 Å². The van der Waals surface area contributed by atoms with Crippen LogP contribution in [0.2, 0.25) is 10.0 Å². The molecule has 0 heterocycles. The molecule has 3 nitrogen and oxygen atoms in total. The number of halogens is 4. The van der Waals surface area contributed by atoms with Crippen LogP contribution in [0.15, 0.2) is 42.5 Å². The van der Waals surface area contributed by atoms with Gasteiger partial charge in [-0.2, -0.15) is 0 Å². The number of hydrogen-bond donors (Lipinski definition) is 2. The van der Waals surface area contributed by atoms with Crippen LogP contribution in [0.5, 0.6) is 0 Å². The molecule has 3 rings (SSSR count). The summed E-state index contributed by atoms with van der Waals surface area (Å²) >= 11 is 12.2. The van der Waals surface area contributed by atoms with Crippen LogP contribution in [0.1, 0.15) is 55.3 Å². The largest absolute Gasteiger partial charge is 0.369 e. The minimum atomic E-state index is -0.241. The molecule has 2 atom stereocenters. The molecule has 0 spiro atoms. The Balaban J connectivity index is 0.000000804. The van der Waals surface area contributed by atoms with E-state index in [0.29, 0.717) is 22.0 Å². The summed E-state index contributed by atoms with van der Waals surface area (Å²) in [7, 11) is 2.03. The SMILES string of the molecule is CC(C)C(N)=O.CN[C@H]1CC[C@@H](c2ccc(Cl)c(Cl)c2)c2ccccc21.Cl.Cl. The Morgan fingerprint density at radius 3 is 2.11 bits per heavy atom. The average Bonchev–Trinajstić information content (AvgIpc) is 2.63. The summed E-state index contributed by atoms with van der Waals surface area (Å²) in [5.74, 6) is 0.158. The van der Waals surface area contributed by atoms with E-state index in [-0.39, 0.29) is 36.6 Å². The molecule has 2 aromatic rings. The van der Waals surface area contributed by atoms with Gasteiger partial charge < -0.3 is 11.1 Å². The number of benzene rings is 2. The van der Waals surface area contributed by atoms with Gasteiger partial charge in [-0.05, 0) is 48.7 Å². The normalized spacial score (nSPS) is 17.4. The third kappa shape index (κ3) is 6.82. The molecule has 1 aliphatic carbocycles. The van der Waals surface area contributed by atoms with Crippen molar-refractivity contribution in [3.05, 3.63) is 69.2 Å². The highest BCUT2D eigenvalue weighted by Crippen LogP contribution is 2.42. The molecule has 3 N–H and O–H groups in total. The van der Waals surface area contributed by atoms with Crippen LogP contribution in [0.4, 0.5) is 0 Å². The monoisotopic (exact) mass is 464 g/mol. The maximum absolute atomic E-state index is 9.92. The average molecular weight is 466 g/mol. The van der Waals surface area contributed by atoms with Crippen molar-refractivity contribution in [2.45, 2.75) is 38.6 Å². The quantitative estimate of drug-likeness (QED) is 0.570. The summed E-state index contributed by atoms with van der Waals surface area (Å²) in [6.45, 7) is 3.53. The Kier molecular flexibility index (Phi) is 12.1. The number of nitrogens with one attached hydrogen (secondary N) is 1. The first kappa shape index (κ1) is 27.0. The van der Waals surface area contributed by atoms with E-state index in [0.717, 1.165) is 12.8 Å². The fourth-order valence-electron chi connectivity index (χ4n) is 3.17. The van der Waals surface area contributed by atoms with Gasteiger partial charge in [0.1, 0.15) is 0 Å². The van der Waals surface area contributed by atoms with E-state index < -0.39 is 0 Å². The molecule has 28 heavy (non-hydrogen) atoms. The van der Waals surface area contributed by atoms with Crippen molar-refractivity contribution in [3.63, 3.8) is 0 Å². The predicted molar refractivity (Wildman–Crippen MR) is 124 cm³/mol. The summed E-state index contributed by atoms with van der Waals surface area (Å²) in [6, 6.07) is 15.1. The Morgan fingerprint density at radius 1 is 1.04 bits per heavy atom. The zero-order chi connectivity index (χ0) is 19.3. The lowest BCUT2D eigenvalue weighted by Gasteiger charge is -2.32. The number of amides is 1. The Bertz CT molecular complexity index is 768. The van der Waals surface area contributed by atoms with Gasteiger partial charge >= 0.3 is 0 Å². The first-order chi connectivity index (χ1) is 12.3. The molecule has 7 heteroatoms. The van der Waals surface area contributed by atoms with E-state index in [1.165, 1.54) is 16.7 Å². The van der Waals surface area contributed by atoms with Gasteiger partial charge in [-0.1, -0.05) is 67.4 Å². The van der Waals surface area contributed by atoms with Gasteiger partial charge in [0, 0.05) is 17.9 Å². The maximum Gasteiger partial charge on any atom is 0.219 e. The van der Waals surface area contributed by atoms with Crippen LogP contribution in [0.3, 0.4) is 0 Å². The lowest BCUT2D eigenvalue weighted by Crippen LogP contribution is -2.24. The molecule has 0 aliphatic heterocycles. The number of primary amides is 1. The second kappa shape index (κ2) is 12.6. The second-order valence-corrected chi connectivity index (χ2v) is 7.65. The third-order valence-corrected chi connectivity index (χ3v) is 5.49. The fourth-order valence-corrected chi connectivity index (χ4v) is 3.47. The lowest BCUT2D eigenvalue weighted by atomic mass is 9.77. The first-order valence-corrected chi connectivity index (χ1v) is 9.61. The highest BCUT2D eigenvalue weighted by molar-refractivity contribution is 6.42. The molecule has 0 unspecified atom stereocenters. The fraction of sp³-hybridized carbons (Fsp3) is 0.381. The smallest absolute Gasteiger partial charge is 0.219 e. The molecule has 0 bridgehead atoms. The zero-order valence-electron chi connectivity index (χ0n) is 16.2. The summed E-state index contributed by atoms with van der Waals surface area (Å²) in [5, 5.41) is 4.66. The first-order valence-electron chi connectivity index (χ1n) is 8.85. The molecule has 0 radical (unpaired) electrons. The van der Waals surface area contributed by atoms with Gasteiger partial charge in [-0.15, -0.1) is 24.8 Å². The van der Waals surface area contributed by atoms with Crippen molar-refractivity contribution in [3.8, 4) is 0 Å². The van der Waals surface area contributed by atoms with Gasteiger partial charge in [-0.25, -0.2) is 0 Å². The minimum absolute atomic E-state index is 0. The topological polar surface area (TPSA) is 55.1 Å². The molecule has 2 aromatic carbocycles. The number of rotatable bonds is 3. The van der Waals surface area contributed by atoms with Crippen molar-refractivity contribution < 1.29 is 4.79 Å². The number of fused-ring (bicyclic) bond motifs is 1. The van der Waals surface area contributed by atoms with Crippen molar-refractivity contribution in [2.75, 3.05) is 7.05 Å². The maximum atomic E-state index is 9.92. The molecule has 0 aromatic heterocycles. The number of nitrogens with two attached hydrogens (primary N) is 1.